The number of aromatic nitrogens is 1. The zero-order chi connectivity index (χ0) is 18.5. The molecule has 1 saturated heterocycles. The standard InChI is InChI=1S/C19H21N3O4/c1-2-22-16(11-26-12-17(22)23)18(24)13-5-7-15(8-6-13)21-19(25)14-4-3-9-20-10-14/h3-10,16,18,24H,2,11-12H2,1H3,(H,21,25). The van der Waals surface area contributed by atoms with Gasteiger partial charge in [-0.3, -0.25) is 14.6 Å². The maximum atomic E-state index is 12.1. The smallest absolute Gasteiger partial charge is 0.257 e. The minimum Gasteiger partial charge on any atom is -0.386 e. The van der Waals surface area contributed by atoms with Crippen LogP contribution in [0, 0.1) is 0 Å². The van der Waals surface area contributed by atoms with Crippen LogP contribution in [-0.2, 0) is 9.53 Å². The second kappa shape index (κ2) is 8.07. The van der Waals surface area contributed by atoms with Crippen molar-refractivity contribution >= 4 is 17.5 Å². The fourth-order valence-corrected chi connectivity index (χ4v) is 2.98. The van der Waals surface area contributed by atoms with Crippen molar-refractivity contribution in [3.05, 3.63) is 59.9 Å². The summed E-state index contributed by atoms with van der Waals surface area (Å²) in [6, 6.07) is 9.86. The van der Waals surface area contributed by atoms with Gasteiger partial charge in [-0.1, -0.05) is 12.1 Å². The molecule has 0 spiro atoms. The van der Waals surface area contributed by atoms with E-state index in [0.717, 1.165) is 0 Å². The number of nitrogens with zero attached hydrogens (tertiary/aromatic N) is 2. The number of rotatable bonds is 5. The summed E-state index contributed by atoms with van der Waals surface area (Å²) >= 11 is 0. The fraction of sp³-hybridized carbons (Fsp3) is 0.316. The Labute approximate surface area is 151 Å². The van der Waals surface area contributed by atoms with Crippen molar-refractivity contribution in [2.45, 2.75) is 19.1 Å². The van der Waals surface area contributed by atoms with E-state index in [4.69, 9.17) is 4.74 Å². The maximum absolute atomic E-state index is 12.1. The van der Waals surface area contributed by atoms with Crippen LogP contribution in [0.25, 0.3) is 0 Å². The average molecular weight is 355 g/mol. The molecule has 7 nitrogen and oxygen atoms in total. The molecule has 136 valence electrons. The normalized spacial score (nSPS) is 18.5. The Balaban J connectivity index is 1.69. The molecule has 2 heterocycles. The number of hydrogen-bond donors (Lipinski definition) is 2. The quantitative estimate of drug-likeness (QED) is 0.850. The Morgan fingerprint density at radius 3 is 2.81 bits per heavy atom. The minimum absolute atomic E-state index is 0.0520. The number of ether oxygens (including phenoxy) is 1. The van der Waals surface area contributed by atoms with Gasteiger partial charge in [0.05, 0.1) is 18.2 Å². The summed E-state index contributed by atoms with van der Waals surface area (Å²) in [5.74, 6) is -0.377. The lowest BCUT2D eigenvalue weighted by Crippen LogP contribution is -2.51. The number of nitrogens with one attached hydrogen (secondary N) is 1. The van der Waals surface area contributed by atoms with Crippen molar-refractivity contribution < 1.29 is 19.4 Å². The highest BCUT2D eigenvalue weighted by molar-refractivity contribution is 6.04. The molecule has 2 aromatic rings. The number of likely N-dealkylation sites (N-methyl/N-ethyl adjacent to an activating group) is 1. The highest BCUT2D eigenvalue weighted by Crippen LogP contribution is 2.25. The molecule has 2 N–H and O–H groups in total. The van der Waals surface area contributed by atoms with Gasteiger partial charge in [-0.05, 0) is 36.8 Å². The zero-order valence-electron chi connectivity index (χ0n) is 14.5. The summed E-state index contributed by atoms with van der Waals surface area (Å²) < 4.78 is 5.28. The van der Waals surface area contributed by atoms with E-state index in [1.54, 1.807) is 47.5 Å². The third kappa shape index (κ3) is 3.89. The Morgan fingerprint density at radius 1 is 1.38 bits per heavy atom. The van der Waals surface area contributed by atoms with E-state index in [9.17, 15) is 14.7 Å². The number of amides is 2. The zero-order valence-corrected chi connectivity index (χ0v) is 14.5. The first-order valence-corrected chi connectivity index (χ1v) is 8.46. The molecule has 1 aliphatic rings. The molecule has 0 radical (unpaired) electrons. The van der Waals surface area contributed by atoms with E-state index >= 15 is 0 Å². The van der Waals surface area contributed by atoms with E-state index in [0.29, 0.717) is 30.0 Å². The van der Waals surface area contributed by atoms with Crippen LogP contribution in [0.15, 0.2) is 48.8 Å². The Kier molecular flexibility index (Phi) is 5.60. The van der Waals surface area contributed by atoms with Gasteiger partial charge in [0, 0.05) is 24.6 Å². The van der Waals surface area contributed by atoms with E-state index in [-0.39, 0.29) is 18.4 Å². The molecule has 3 rings (SSSR count). The van der Waals surface area contributed by atoms with Gasteiger partial charge in [-0.25, -0.2) is 0 Å². The van der Waals surface area contributed by atoms with Gasteiger partial charge in [0.1, 0.15) is 12.7 Å². The monoisotopic (exact) mass is 355 g/mol. The van der Waals surface area contributed by atoms with Gasteiger partial charge in [0.2, 0.25) is 5.91 Å². The van der Waals surface area contributed by atoms with Gasteiger partial charge in [-0.2, -0.15) is 0 Å². The summed E-state index contributed by atoms with van der Waals surface area (Å²) in [5, 5.41) is 13.4. The molecule has 0 saturated carbocycles. The second-order valence-electron chi connectivity index (χ2n) is 6.02. The lowest BCUT2D eigenvalue weighted by Gasteiger charge is -2.37. The molecule has 2 amide bonds. The first kappa shape index (κ1) is 18.0. The highest BCUT2D eigenvalue weighted by atomic mass is 16.5. The third-order valence-corrected chi connectivity index (χ3v) is 4.37. The number of anilines is 1. The van der Waals surface area contributed by atoms with Crippen molar-refractivity contribution in [3.8, 4) is 0 Å². The molecule has 26 heavy (non-hydrogen) atoms. The number of aliphatic hydroxyl groups is 1. The van der Waals surface area contributed by atoms with Crippen molar-refractivity contribution in [2.75, 3.05) is 25.1 Å². The molecular weight excluding hydrogens is 334 g/mol. The van der Waals surface area contributed by atoms with Gasteiger partial charge in [0.15, 0.2) is 0 Å². The van der Waals surface area contributed by atoms with Crippen molar-refractivity contribution in [1.82, 2.24) is 9.88 Å². The van der Waals surface area contributed by atoms with Gasteiger partial charge < -0.3 is 20.1 Å². The van der Waals surface area contributed by atoms with Gasteiger partial charge in [-0.15, -0.1) is 0 Å². The lowest BCUT2D eigenvalue weighted by atomic mass is 10.00. The fourth-order valence-electron chi connectivity index (χ4n) is 2.98. The predicted molar refractivity (Wildman–Crippen MR) is 95.6 cm³/mol. The molecule has 0 aliphatic carbocycles. The molecule has 2 atom stereocenters. The van der Waals surface area contributed by atoms with Crippen LogP contribution in [-0.4, -0.2) is 52.6 Å². The third-order valence-electron chi connectivity index (χ3n) is 4.37. The summed E-state index contributed by atoms with van der Waals surface area (Å²) in [6.45, 7) is 2.74. The number of carbonyl (C=O) groups excluding carboxylic acids is 2. The summed E-state index contributed by atoms with van der Waals surface area (Å²) in [7, 11) is 0. The van der Waals surface area contributed by atoms with E-state index in [1.807, 2.05) is 6.92 Å². The molecule has 1 aromatic carbocycles. The number of aliphatic hydroxyl groups excluding tert-OH is 1. The minimum atomic E-state index is -0.859. The maximum Gasteiger partial charge on any atom is 0.257 e. The molecular formula is C19H21N3O4. The predicted octanol–water partition coefficient (Wildman–Crippen LogP) is 1.61. The lowest BCUT2D eigenvalue weighted by molar-refractivity contribution is -0.153. The van der Waals surface area contributed by atoms with Gasteiger partial charge in [0.25, 0.3) is 5.91 Å². The highest BCUT2D eigenvalue weighted by Gasteiger charge is 2.33. The van der Waals surface area contributed by atoms with Crippen LogP contribution in [0.1, 0.15) is 28.9 Å². The largest absolute Gasteiger partial charge is 0.386 e. The summed E-state index contributed by atoms with van der Waals surface area (Å²) in [4.78, 5) is 29.6. The average Bonchev–Trinajstić information content (AvgIpc) is 2.68. The number of hydrogen-bond acceptors (Lipinski definition) is 5. The second-order valence-corrected chi connectivity index (χ2v) is 6.02. The Hall–Kier alpha value is -2.77. The molecule has 2 unspecified atom stereocenters. The number of carbonyl (C=O) groups is 2. The SMILES string of the molecule is CCN1C(=O)COCC1C(O)c1ccc(NC(=O)c2cccnc2)cc1. The van der Waals surface area contributed by atoms with Crippen molar-refractivity contribution in [3.63, 3.8) is 0 Å². The van der Waals surface area contributed by atoms with Crippen LogP contribution < -0.4 is 5.32 Å². The van der Waals surface area contributed by atoms with Crippen molar-refractivity contribution in [2.24, 2.45) is 0 Å². The van der Waals surface area contributed by atoms with E-state index < -0.39 is 12.1 Å². The van der Waals surface area contributed by atoms with Crippen LogP contribution in [0.5, 0.6) is 0 Å². The van der Waals surface area contributed by atoms with Crippen LogP contribution in [0.2, 0.25) is 0 Å². The first-order chi connectivity index (χ1) is 12.6. The number of morpholine rings is 1. The van der Waals surface area contributed by atoms with Crippen LogP contribution in [0.4, 0.5) is 5.69 Å². The van der Waals surface area contributed by atoms with E-state index in [2.05, 4.69) is 10.3 Å². The topological polar surface area (TPSA) is 91.8 Å². The summed E-state index contributed by atoms with van der Waals surface area (Å²) in [5.41, 5.74) is 1.73. The molecule has 1 aliphatic heterocycles. The number of pyridine rings is 1. The number of benzene rings is 1. The molecule has 7 heteroatoms. The molecule has 1 fully saturated rings. The summed E-state index contributed by atoms with van der Waals surface area (Å²) in [6.07, 6.45) is 2.24. The molecule has 0 bridgehead atoms. The Bertz CT molecular complexity index is 764. The first-order valence-electron chi connectivity index (χ1n) is 8.46. The molecule has 1 aromatic heterocycles. The van der Waals surface area contributed by atoms with Crippen LogP contribution >= 0.6 is 0 Å². The van der Waals surface area contributed by atoms with Crippen LogP contribution in [0.3, 0.4) is 0 Å². The van der Waals surface area contributed by atoms with Crippen molar-refractivity contribution in [1.29, 1.82) is 0 Å². The van der Waals surface area contributed by atoms with Gasteiger partial charge >= 0.3 is 0 Å². The Morgan fingerprint density at radius 2 is 2.15 bits per heavy atom. The van der Waals surface area contributed by atoms with E-state index in [1.165, 1.54) is 6.20 Å².